The largest absolute Gasteiger partial charge is 0.444 e. The van der Waals surface area contributed by atoms with Crippen LogP contribution in [0, 0.1) is 13.8 Å². The third-order valence-corrected chi connectivity index (χ3v) is 5.35. The minimum atomic E-state index is -0.938. The Morgan fingerprint density at radius 3 is 2.28 bits per heavy atom. The number of likely N-dealkylation sites (N-methyl/N-ethyl adjacent to an activating group) is 1. The molecule has 2 N–H and O–H groups in total. The van der Waals surface area contributed by atoms with Gasteiger partial charge >= 0.3 is 6.09 Å². The number of alkyl carbamates (subject to hydrolysis) is 1. The van der Waals surface area contributed by atoms with E-state index in [2.05, 4.69) is 30.2 Å². The first kappa shape index (κ1) is 27.8. The number of rotatable bonds is 9. The van der Waals surface area contributed by atoms with Crippen molar-refractivity contribution in [2.24, 2.45) is 0 Å². The third-order valence-electron chi connectivity index (χ3n) is 4.99. The van der Waals surface area contributed by atoms with Gasteiger partial charge in [0, 0.05) is 18.8 Å². The van der Waals surface area contributed by atoms with Gasteiger partial charge in [-0.2, -0.15) is 12.6 Å². The van der Waals surface area contributed by atoms with Gasteiger partial charge in [0.2, 0.25) is 11.8 Å². The zero-order chi connectivity index (χ0) is 24.6. The number of thiol groups is 1. The molecule has 32 heavy (non-hydrogen) atoms. The number of hydrogen-bond donors (Lipinski definition) is 3. The van der Waals surface area contributed by atoms with Crippen molar-refractivity contribution in [3.63, 3.8) is 0 Å². The molecule has 0 saturated heterocycles. The number of amides is 3. The Hall–Kier alpha value is -2.22. The number of carbonyl (C=O) groups excluding carboxylic acids is 3. The summed E-state index contributed by atoms with van der Waals surface area (Å²) in [5, 5.41) is 5.60. The number of carbonyl (C=O) groups is 3. The van der Waals surface area contributed by atoms with Gasteiger partial charge in [-0.1, -0.05) is 37.1 Å². The summed E-state index contributed by atoms with van der Waals surface area (Å²) in [5.41, 5.74) is 2.02. The van der Waals surface area contributed by atoms with E-state index < -0.39 is 29.7 Å². The molecule has 3 amide bonds. The summed E-state index contributed by atoms with van der Waals surface area (Å²) in [6, 6.07) is 3.98. The maximum atomic E-state index is 13.3. The molecule has 3 unspecified atom stereocenters. The summed E-state index contributed by atoms with van der Waals surface area (Å²) in [4.78, 5) is 40.2. The topological polar surface area (TPSA) is 87.7 Å². The van der Waals surface area contributed by atoms with E-state index >= 15 is 0 Å². The van der Waals surface area contributed by atoms with Crippen LogP contribution >= 0.6 is 12.6 Å². The number of hydrogen-bond acceptors (Lipinski definition) is 5. The van der Waals surface area contributed by atoms with Gasteiger partial charge in [0.05, 0.1) is 0 Å². The van der Waals surface area contributed by atoms with Crippen molar-refractivity contribution in [1.29, 1.82) is 0 Å². The van der Waals surface area contributed by atoms with Gasteiger partial charge in [0.1, 0.15) is 17.7 Å². The molecule has 0 aliphatic heterocycles. The molecule has 0 aromatic heterocycles. The van der Waals surface area contributed by atoms with Crippen LogP contribution in [-0.2, 0) is 14.3 Å². The predicted molar refractivity (Wildman–Crippen MR) is 131 cm³/mol. The predicted octanol–water partition coefficient (Wildman–Crippen LogP) is 3.93. The van der Waals surface area contributed by atoms with E-state index in [0.717, 1.165) is 29.5 Å². The van der Waals surface area contributed by atoms with E-state index in [1.54, 1.807) is 27.8 Å². The van der Waals surface area contributed by atoms with Crippen molar-refractivity contribution >= 4 is 30.5 Å². The molecule has 7 nitrogen and oxygen atoms in total. The Bertz CT molecular complexity index is 807. The quantitative estimate of drug-likeness (QED) is 0.482. The van der Waals surface area contributed by atoms with Gasteiger partial charge in [0.15, 0.2) is 0 Å². The molecule has 180 valence electrons. The number of aryl methyl sites for hydroxylation is 2. The number of nitrogens with zero attached hydrogens (tertiary/aromatic N) is 1. The molecule has 0 aliphatic rings. The zero-order valence-corrected chi connectivity index (χ0v) is 21.5. The molecular formula is C24H39N3O4S. The molecule has 1 aromatic rings. The minimum Gasteiger partial charge on any atom is -0.444 e. The first-order valence-electron chi connectivity index (χ1n) is 11.0. The summed E-state index contributed by atoms with van der Waals surface area (Å²) in [7, 11) is 1.57. The number of ether oxygens (including phenoxy) is 1. The molecule has 0 fully saturated rings. The van der Waals surface area contributed by atoms with Gasteiger partial charge in [0.25, 0.3) is 0 Å². The first-order chi connectivity index (χ1) is 14.8. The van der Waals surface area contributed by atoms with Gasteiger partial charge < -0.3 is 20.3 Å². The molecule has 0 aliphatic carbocycles. The highest BCUT2D eigenvalue weighted by Gasteiger charge is 2.34. The van der Waals surface area contributed by atoms with Crippen molar-refractivity contribution in [3.8, 4) is 0 Å². The van der Waals surface area contributed by atoms with Crippen LogP contribution in [0.1, 0.15) is 70.2 Å². The molecule has 0 spiro atoms. The average Bonchev–Trinajstić information content (AvgIpc) is 2.66. The maximum Gasteiger partial charge on any atom is 0.408 e. The lowest BCUT2D eigenvalue weighted by Gasteiger charge is -2.32. The summed E-state index contributed by atoms with van der Waals surface area (Å²) < 4.78 is 5.27. The third kappa shape index (κ3) is 8.37. The van der Waals surface area contributed by atoms with Crippen LogP contribution in [0.4, 0.5) is 4.79 Å². The van der Waals surface area contributed by atoms with Gasteiger partial charge in [-0.25, -0.2) is 4.79 Å². The van der Waals surface area contributed by atoms with Crippen LogP contribution in [0.5, 0.6) is 0 Å². The summed E-state index contributed by atoms with van der Waals surface area (Å²) in [6.07, 6.45) is 1.07. The second-order valence-electron chi connectivity index (χ2n) is 9.29. The Balaban J connectivity index is 3.22. The van der Waals surface area contributed by atoms with Crippen molar-refractivity contribution < 1.29 is 19.1 Å². The normalized spacial score (nSPS) is 14.2. The second-order valence-corrected chi connectivity index (χ2v) is 9.66. The highest BCUT2D eigenvalue weighted by molar-refractivity contribution is 7.80. The summed E-state index contributed by atoms with van der Waals surface area (Å²) >= 11 is 4.24. The lowest BCUT2D eigenvalue weighted by Crippen LogP contribution is -2.53. The standard InChI is InChI=1S/C24H39N3O4S/c1-9-10-17(4)25-21(28)20(18-12-11-15(2)13-16(18)3)27(8)22(29)19(14-32)26-23(30)31-24(5,6)7/h11-13,17,19-20,32H,9-10,14H2,1-8H3,(H,25,28)(H,26,30). The van der Waals surface area contributed by atoms with Crippen LogP contribution in [0.15, 0.2) is 18.2 Å². The summed E-state index contributed by atoms with van der Waals surface area (Å²) in [5.74, 6) is -0.617. The van der Waals surface area contributed by atoms with Gasteiger partial charge in [-0.05, 0) is 59.1 Å². The Morgan fingerprint density at radius 2 is 1.78 bits per heavy atom. The zero-order valence-electron chi connectivity index (χ0n) is 20.6. The maximum absolute atomic E-state index is 13.3. The van der Waals surface area contributed by atoms with Gasteiger partial charge in [-0.3, -0.25) is 9.59 Å². The fourth-order valence-corrected chi connectivity index (χ4v) is 3.74. The monoisotopic (exact) mass is 465 g/mol. The summed E-state index contributed by atoms with van der Waals surface area (Å²) in [6.45, 7) is 13.1. The molecule has 0 bridgehead atoms. The van der Waals surface area contributed by atoms with Crippen LogP contribution in [-0.4, -0.2) is 53.3 Å². The van der Waals surface area contributed by atoms with Crippen molar-refractivity contribution in [2.45, 2.75) is 85.0 Å². The van der Waals surface area contributed by atoms with E-state index in [-0.39, 0.29) is 17.7 Å². The van der Waals surface area contributed by atoms with E-state index in [9.17, 15) is 14.4 Å². The molecule has 1 rings (SSSR count). The molecule has 0 heterocycles. The molecule has 1 aromatic carbocycles. The Labute approximate surface area is 198 Å². The molecule has 8 heteroatoms. The molecule has 0 radical (unpaired) electrons. The highest BCUT2D eigenvalue weighted by Crippen LogP contribution is 2.25. The molecule has 0 saturated carbocycles. The Kier molecular flexibility index (Phi) is 10.5. The highest BCUT2D eigenvalue weighted by atomic mass is 32.1. The lowest BCUT2D eigenvalue weighted by atomic mass is 9.96. The Morgan fingerprint density at radius 1 is 1.16 bits per heavy atom. The van der Waals surface area contributed by atoms with E-state index in [1.807, 2.05) is 39.0 Å². The van der Waals surface area contributed by atoms with Gasteiger partial charge in [-0.15, -0.1) is 0 Å². The van der Waals surface area contributed by atoms with Crippen molar-refractivity contribution in [1.82, 2.24) is 15.5 Å². The van der Waals surface area contributed by atoms with E-state index in [0.29, 0.717) is 0 Å². The fourth-order valence-electron chi connectivity index (χ4n) is 3.49. The number of benzene rings is 1. The van der Waals surface area contributed by atoms with E-state index in [4.69, 9.17) is 4.74 Å². The minimum absolute atomic E-state index is 0.0233. The van der Waals surface area contributed by atoms with Crippen LogP contribution in [0.3, 0.4) is 0 Å². The number of nitrogens with one attached hydrogen (secondary N) is 2. The SMILES string of the molecule is CCCC(C)NC(=O)C(c1ccc(C)cc1C)N(C)C(=O)C(CS)NC(=O)OC(C)(C)C. The second kappa shape index (κ2) is 12.1. The van der Waals surface area contributed by atoms with E-state index in [1.165, 1.54) is 4.90 Å². The smallest absolute Gasteiger partial charge is 0.408 e. The molecular weight excluding hydrogens is 426 g/mol. The van der Waals surface area contributed by atoms with Crippen LogP contribution < -0.4 is 10.6 Å². The van der Waals surface area contributed by atoms with Crippen LogP contribution in [0.2, 0.25) is 0 Å². The fraction of sp³-hybridized carbons (Fsp3) is 0.625. The average molecular weight is 466 g/mol. The molecule has 3 atom stereocenters. The lowest BCUT2D eigenvalue weighted by molar-refractivity contribution is -0.140. The van der Waals surface area contributed by atoms with Crippen LogP contribution in [0.25, 0.3) is 0 Å². The first-order valence-corrected chi connectivity index (χ1v) is 11.7. The van der Waals surface area contributed by atoms with Crippen molar-refractivity contribution in [3.05, 3.63) is 34.9 Å². The van der Waals surface area contributed by atoms with Crippen molar-refractivity contribution in [2.75, 3.05) is 12.8 Å².